The van der Waals surface area contributed by atoms with E-state index in [0.717, 1.165) is 9.32 Å². The van der Waals surface area contributed by atoms with Gasteiger partial charge >= 0.3 is 0 Å². The Bertz CT molecular complexity index is 377. The van der Waals surface area contributed by atoms with Crippen LogP contribution in [-0.2, 0) is 0 Å². The van der Waals surface area contributed by atoms with E-state index in [0.29, 0.717) is 19.2 Å². The predicted molar refractivity (Wildman–Crippen MR) is 76.3 cm³/mol. The molecule has 17 heavy (non-hydrogen) atoms. The van der Waals surface area contributed by atoms with Crippen molar-refractivity contribution in [1.29, 1.82) is 0 Å². The second kappa shape index (κ2) is 5.54. The Hall–Kier alpha value is -0.330. The summed E-state index contributed by atoms with van der Waals surface area (Å²) in [5, 5.41) is 13.5. The van der Waals surface area contributed by atoms with Gasteiger partial charge in [0.05, 0.1) is 3.57 Å². The highest BCUT2D eigenvalue weighted by molar-refractivity contribution is 14.1. The van der Waals surface area contributed by atoms with Crippen LogP contribution in [0.4, 0.5) is 0 Å². The molecule has 1 unspecified atom stereocenters. The minimum absolute atomic E-state index is 0.312. The zero-order chi connectivity index (χ0) is 12.3. The number of ether oxygens (including phenoxy) is 1. The van der Waals surface area contributed by atoms with Crippen molar-refractivity contribution in [3.8, 4) is 5.75 Å². The molecule has 94 valence electrons. The Morgan fingerprint density at radius 1 is 1.47 bits per heavy atom. The maximum atomic E-state index is 10.2. The zero-order valence-corrected chi connectivity index (χ0v) is 12.1. The fourth-order valence-electron chi connectivity index (χ4n) is 1.50. The summed E-state index contributed by atoms with van der Waals surface area (Å²) < 4.78 is 6.72. The molecular formula is C13H18INO2. The van der Waals surface area contributed by atoms with Gasteiger partial charge < -0.3 is 15.2 Å². The van der Waals surface area contributed by atoms with E-state index in [9.17, 15) is 5.11 Å². The zero-order valence-electron chi connectivity index (χ0n) is 9.95. The molecule has 1 aliphatic carbocycles. The van der Waals surface area contributed by atoms with Gasteiger partial charge in [-0.25, -0.2) is 0 Å². The Kier molecular flexibility index (Phi) is 4.27. The molecule has 1 aliphatic rings. The molecule has 1 aromatic rings. The van der Waals surface area contributed by atoms with E-state index in [1.54, 1.807) is 6.92 Å². The van der Waals surface area contributed by atoms with E-state index >= 15 is 0 Å². The van der Waals surface area contributed by atoms with Crippen LogP contribution in [0.25, 0.3) is 0 Å². The average Bonchev–Trinajstić information content (AvgIpc) is 3.09. The highest BCUT2D eigenvalue weighted by atomic mass is 127. The van der Waals surface area contributed by atoms with Gasteiger partial charge in [0.15, 0.2) is 0 Å². The maximum absolute atomic E-state index is 10.2. The number of rotatable bonds is 6. The van der Waals surface area contributed by atoms with Gasteiger partial charge in [-0.3, -0.25) is 0 Å². The topological polar surface area (TPSA) is 41.5 Å². The summed E-state index contributed by atoms with van der Waals surface area (Å²) in [5.41, 5.74) is -0.818. The Morgan fingerprint density at radius 2 is 2.18 bits per heavy atom. The normalized spacial score (nSPS) is 18.8. The molecule has 0 heterocycles. The van der Waals surface area contributed by atoms with Crippen LogP contribution in [0, 0.1) is 3.57 Å². The minimum atomic E-state index is -0.818. The first kappa shape index (κ1) is 13.1. The van der Waals surface area contributed by atoms with Crippen LogP contribution in [0.5, 0.6) is 5.75 Å². The lowest BCUT2D eigenvalue weighted by atomic mass is 10.1. The van der Waals surface area contributed by atoms with Crippen molar-refractivity contribution in [3.63, 3.8) is 0 Å². The summed E-state index contributed by atoms with van der Waals surface area (Å²) >= 11 is 2.23. The SMILES string of the molecule is CC(O)(CNC1CC1)COc1ccccc1I. The number of halogens is 1. The summed E-state index contributed by atoms with van der Waals surface area (Å²) in [6.45, 7) is 2.70. The van der Waals surface area contributed by atoms with E-state index in [1.165, 1.54) is 12.8 Å². The lowest BCUT2D eigenvalue weighted by molar-refractivity contribution is 0.0117. The van der Waals surface area contributed by atoms with Crippen LogP contribution in [-0.4, -0.2) is 29.9 Å². The molecular weight excluding hydrogens is 329 g/mol. The Labute approximate surface area is 116 Å². The van der Waals surface area contributed by atoms with E-state index < -0.39 is 5.60 Å². The molecule has 0 spiro atoms. The van der Waals surface area contributed by atoms with Crippen molar-refractivity contribution in [2.75, 3.05) is 13.2 Å². The summed E-state index contributed by atoms with van der Waals surface area (Å²) in [6, 6.07) is 8.44. The summed E-state index contributed by atoms with van der Waals surface area (Å²) in [6.07, 6.45) is 2.46. The van der Waals surface area contributed by atoms with Crippen molar-refractivity contribution in [1.82, 2.24) is 5.32 Å². The lowest BCUT2D eigenvalue weighted by Gasteiger charge is -2.24. The predicted octanol–water partition coefficient (Wildman–Crippen LogP) is 2.17. The van der Waals surface area contributed by atoms with Gasteiger partial charge in [-0.15, -0.1) is 0 Å². The smallest absolute Gasteiger partial charge is 0.132 e. The van der Waals surface area contributed by atoms with Crippen molar-refractivity contribution in [2.45, 2.75) is 31.4 Å². The molecule has 0 radical (unpaired) electrons. The average molecular weight is 347 g/mol. The van der Waals surface area contributed by atoms with E-state index in [4.69, 9.17) is 4.74 Å². The van der Waals surface area contributed by atoms with Gasteiger partial charge in [-0.1, -0.05) is 12.1 Å². The maximum Gasteiger partial charge on any atom is 0.132 e. The fourth-order valence-corrected chi connectivity index (χ4v) is 2.04. The molecule has 0 aliphatic heterocycles. The number of benzene rings is 1. The third-order valence-corrected chi connectivity index (χ3v) is 3.62. The van der Waals surface area contributed by atoms with Crippen molar-refractivity contribution < 1.29 is 9.84 Å². The molecule has 0 amide bonds. The number of nitrogens with one attached hydrogen (secondary N) is 1. The fraction of sp³-hybridized carbons (Fsp3) is 0.538. The van der Waals surface area contributed by atoms with Gasteiger partial charge in [0.1, 0.15) is 18.0 Å². The second-order valence-electron chi connectivity index (χ2n) is 4.87. The summed E-state index contributed by atoms with van der Waals surface area (Å²) in [7, 11) is 0. The Balaban J connectivity index is 1.81. The highest BCUT2D eigenvalue weighted by Gasteiger charge is 2.27. The standard InChI is InChI=1S/C13H18INO2/c1-13(16,8-15-10-6-7-10)9-17-12-5-3-2-4-11(12)14/h2-5,10,15-16H,6-9H2,1H3. The van der Waals surface area contributed by atoms with E-state index in [-0.39, 0.29) is 0 Å². The second-order valence-corrected chi connectivity index (χ2v) is 6.03. The first-order valence-corrected chi connectivity index (χ1v) is 6.98. The van der Waals surface area contributed by atoms with Crippen LogP contribution in [0.15, 0.2) is 24.3 Å². The minimum Gasteiger partial charge on any atom is -0.489 e. The van der Waals surface area contributed by atoms with E-state index in [1.807, 2.05) is 24.3 Å². The molecule has 1 fully saturated rings. The van der Waals surface area contributed by atoms with Gasteiger partial charge in [0.2, 0.25) is 0 Å². The molecule has 2 N–H and O–H groups in total. The molecule has 1 atom stereocenters. The first-order valence-electron chi connectivity index (χ1n) is 5.90. The number of aliphatic hydroxyl groups is 1. The Morgan fingerprint density at radius 3 is 2.82 bits per heavy atom. The highest BCUT2D eigenvalue weighted by Crippen LogP contribution is 2.22. The molecule has 0 saturated heterocycles. The van der Waals surface area contributed by atoms with Crippen molar-refractivity contribution in [3.05, 3.63) is 27.8 Å². The molecule has 3 nitrogen and oxygen atoms in total. The van der Waals surface area contributed by atoms with Gasteiger partial charge in [0, 0.05) is 12.6 Å². The van der Waals surface area contributed by atoms with Gasteiger partial charge in [0.25, 0.3) is 0 Å². The van der Waals surface area contributed by atoms with Crippen LogP contribution in [0.3, 0.4) is 0 Å². The molecule has 0 bridgehead atoms. The number of hydrogen-bond donors (Lipinski definition) is 2. The van der Waals surface area contributed by atoms with Crippen LogP contribution < -0.4 is 10.1 Å². The molecule has 1 saturated carbocycles. The third kappa shape index (κ3) is 4.44. The molecule has 2 rings (SSSR count). The molecule has 1 aromatic carbocycles. The molecule has 0 aromatic heterocycles. The van der Waals surface area contributed by atoms with Crippen LogP contribution in [0.1, 0.15) is 19.8 Å². The van der Waals surface area contributed by atoms with Gasteiger partial charge in [-0.2, -0.15) is 0 Å². The largest absolute Gasteiger partial charge is 0.489 e. The summed E-state index contributed by atoms with van der Waals surface area (Å²) in [5.74, 6) is 0.833. The lowest BCUT2D eigenvalue weighted by Crippen LogP contribution is -2.43. The monoisotopic (exact) mass is 347 g/mol. The van der Waals surface area contributed by atoms with Crippen LogP contribution >= 0.6 is 22.6 Å². The number of hydrogen-bond acceptors (Lipinski definition) is 3. The van der Waals surface area contributed by atoms with E-state index in [2.05, 4.69) is 27.9 Å². The van der Waals surface area contributed by atoms with Gasteiger partial charge in [-0.05, 0) is 54.5 Å². The first-order chi connectivity index (χ1) is 8.07. The molecule has 4 heteroatoms. The van der Waals surface area contributed by atoms with Crippen molar-refractivity contribution in [2.24, 2.45) is 0 Å². The quantitative estimate of drug-likeness (QED) is 0.775. The van der Waals surface area contributed by atoms with Crippen molar-refractivity contribution >= 4 is 22.6 Å². The van der Waals surface area contributed by atoms with Crippen LogP contribution in [0.2, 0.25) is 0 Å². The third-order valence-electron chi connectivity index (χ3n) is 2.72. The summed E-state index contributed by atoms with van der Waals surface area (Å²) in [4.78, 5) is 0. The number of para-hydroxylation sites is 1.